The molecule has 19 heavy (non-hydrogen) atoms. The van der Waals surface area contributed by atoms with Crippen molar-refractivity contribution >= 4 is 9.84 Å². The number of hydrogen-bond acceptors (Lipinski definition) is 5. The lowest BCUT2D eigenvalue weighted by Gasteiger charge is -2.23. The van der Waals surface area contributed by atoms with Crippen molar-refractivity contribution in [2.75, 3.05) is 5.75 Å². The molecule has 3 rings (SSSR count). The van der Waals surface area contributed by atoms with Crippen LogP contribution in [0.25, 0.3) is 0 Å². The number of aliphatic hydroxyl groups is 1. The summed E-state index contributed by atoms with van der Waals surface area (Å²) in [5.74, 6) is 1.84. The van der Waals surface area contributed by atoms with E-state index >= 15 is 0 Å². The number of hydrogen-bond donors (Lipinski definition) is 1. The van der Waals surface area contributed by atoms with E-state index < -0.39 is 9.84 Å². The summed E-state index contributed by atoms with van der Waals surface area (Å²) >= 11 is 0. The largest absolute Gasteiger partial charge is 0.393 e. The van der Waals surface area contributed by atoms with E-state index in [2.05, 4.69) is 10.2 Å². The minimum absolute atomic E-state index is 0.303. The molecule has 1 aromatic rings. The third-order valence-electron chi connectivity index (χ3n) is 4.13. The Morgan fingerprint density at radius 2 is 2.11 bits per heavy atom. The van der Waals surface area contributed by atoms with Gasteiger partial charge in [0.25, 0.3) is 0 Å². The number of fused-ring (bicyclic) bond motifs is 1. The molecule has 1 fully saturated rings. The highest BCUT2D eigenvalue weighted by Gasteiger charge is 2.31. The van der Waals surface area contributed by atoms with Gasteiger partial charge in [-0.2, -0.15) is 0 Å². The normalized spacial score (nSPS) is 29.9. The number of aromatic nitrogens is 3. The van der Waals surface area contributed by atoms with Crippen molar-refractivity contribution in [2.24, 2.45) is 0 Å². The van der Waals surface area contributed by atoms with Crippen molar-refractivity contribution in [1.29, 1.82) is 0 Å². The smallest absolute Gasteiger partial charge is 0.153 e. The summed E-state index contributed by atoms with van der Waals surface area (Å²) in [6, 6.07) is 0. The number of rotatable bonds is 2. The Labute approximate surface area is 112 Å². The van der Waals surface area contributed by atoms with Crippen LogP contribution in [0.4, 0.5) is 0 Å². The van der Waals surface area contributed by atoms with Crippen LogP contribution >= 0.6 is 0 Å². The molecule has 2 aliphatic heterocycles. The fraction of sp³-hybridized carbons (Fsp3) is 0.833. The van der Waals surface area contributed by atoms with Crippen LogP contribution in [-0.4, -0.2) is 45.4 Å². The topological polar surface area (TPSA) is 85.1 Å². The van der Waals surface area contributed by atoms with Crippen molar-refractivity contribution < 1.29 is 13.5 Å². The summed E-state index contributed by atoms with van der Waals surface area (Å²) in [6.45, 7) is 0.686. The minimum Gasteiger partial charge on any atom is -0.393 e. The van der Waals surface area contributed by atoms with E-state index in [1.54, 1.807) is 0 Å². The van der Waals surface area contributed by atoms with Crippen molar-refractivity contribution in [3.8, 4) is 0 Å². The summed E-state index contributed by atoms with van der Waals surface area (Å²) in [6.07, 6.45) is 3.81. The highest BCUT2D eigenvalue weighted by Crippen LogP contribution is 2.24. The molecule has 7 heteroatoms. The van der Waals surface area contributed by atoms with Crippen molar-refractivity contribution in [3.05, 3.63) is 11.6 Å². The Balaban J connectivity index is 1.81. The predicted molar refractivity (Wildman–Crippen MR) is 69.5 cm³/mol. The molecule has 2 atom stereocenters. The third-order valence-corrected chi connectivity index (χ3v) is 6.41. The van der Waals surface area contributed by atoms with Crippen LogP contribution in [0.3, 0.4) is 0 Å². The summed E-state index contributed by atoms with van der Waals surface area (Å²) < 4.78 is 26.0. The summed E-state index contributed by atoms with van der Waals surface area (Å²) in [5, 5.41) is 17.5. The lowest BCUT2D eigenvalue weighted by atomic mass is 10.1. The van der Waals surface area contributed by atoms with Gasteiger partial charge in [-0.15, -0.1) is 10.2 Å². The third kappa shape index (κ3) is 2.53. The molecular weight excluding hydrogens is 266 g/mol. The van der Waals surface area contributed by atoms with Gasteiger partial charge < -0.3 is 9.67 Å². The van der Waals surface area contributed by atoms with Crippen LogP contribution in [0, 0.1) is 0 Å². The fourth-order valence-electron chi connectivity index (χ4n) is 2.98. The van der Waals surface area contributed by atoms with Crippen LogP contribution in [0.1, 0.15) is 37.3 Å². The molecule has 2 unspecified atom stereocenters. The molecule has 1 aromatic heterocycles. The molecule has 0 bridgehead atoms. The first-order valence-electron chi connectivity index (χ1n) is 6.87. The molecular formula is C12H19N3O3S. The SMILES string of the molecule is O=S1(=O)CCCCC1Cc1nnc2n1CCC(O)C2. The molecule has 0 amide bonds. The zero-order chi connectivity index (χ0) is 13.5. The first kappa shape index (κ1) is 13.1. The Morgan fingerprint density at radius 1 is 1.26 bits per heavy atom. The van der Waals surface area contributed by atoms with Crippen LogP contribution < -0.4 is 0 Å². The molecule has 0 aliphatic carbocycles. The van der Waals surface area contributed by atoms with E-state index in [0.717, 1.165) is 30.9 Å². The van der Waals surface area contributed by atoms with Gasteiger partial charge in [-0.1, -0.05) is 6.42 Å². The molecule has 0 aromatic carbocycles. The Morgan fingerprint density at radius 3 is 2.89 bits per heavy atom. The van der Waals surface area contributed by atoms with Gasteiger partial charge >= 0.3 is 0 Å². The van der Waals surface area contributed by atoms with Gasteiger partial charge in [0.1, 0.15) is 11.6 Å². The lowest BCUT2D eigenvalue weighted by molar-refractivity contribution is 0.141. The summed E-state index contributed by atoms with van der Waals surface area (Å²) in [7, 11) is -2.97. The number of sulfone groups is 1. The van der Waals surface area contributed by atoms with Crippen LogP contribution in [0.15, 0.2) is 0 Å². The molecule has 0 radical (unpaired) electrons. The monoisotopic (exact) mass is 285 g/mol. The quantitative estimate of drug-likeness (QED) is 0.832. The molecule has 0 spiro atoms. The Hall–Kier alpha value is -0.950. The summed E-state index contributed by atoms with van der Waals surface area (Å²) in [5.41, 5.74) is 0. The first-order valence-corrected chi connectivity index (χ1v) is 8.58. The Kier molecular flexibility index (Phi) is 3.34. The maximum Gasteiger partial charge on any atom is 0.153 e. The summed E-state index contributed by atoms with van der Waals surface area (Å²) in [4.78, 5) is 0. The molecule has 6 nitrogen and oxygen atoms in total. The second kappa shape index (κ2) is 4.86. The maximum atomic E-state index is 12.0. The number of aliphatic hydroxyl groups excluding tert-OH is 1. The minimum atomic E-state index is -2.97. The van der Waals surface area contributed by atoms with E-state index in [0.29, 0.717) is 31.6 Å². The average molecular weight is 285 g/mol. The van der Waals surface area contributed by atoms with E-state index in [-0.39, 0.29) is 11.4 Å². The van der Waals surface area contributed by atoms with Crippen LogP contribution in [0.5, 0.6) is 0 Å². The highest BCUT2D eigenvalue weighted by atomic mass is 32.2. The highest BCUT2D eigenvalue weighted by molar-refractivity contribution is 7.92. The van der Waals surface area contributed by atoms with Gasteiger partial charge in [-0.05, 0) is 19.3 Å². The van der Waals surface area contributed by atoms with Gasteiger partial charge in [0.05, 0.1) is 17.1 Å². The molecule has 1 saturated heterocycles. The van der Waals surface area contributed by atoms with Crippen LogP contribution in [-0.2, 0) is 29.2 Å². The number of nitrogens with zero attached hydrogens (tertiary/aromatic N) is 3. The molecule has 1 N–H and O–H groups in total. The molecule has 0 saturated carbocycles. The van der Waals surface area contributed by atoms with Gasteiger partial charge in [-0.25, -0.2) is 8.42 Å². The zero-order valence-corrected chi connectivity index (χ0v) is 11.6. The standard InChI is InChI=1S/C12H19N3O3S/c16-9-4-5-15-11(7-9)13-14-12(15)8-10-3-1-2-6-19(10,17)18/h9-10,16H,1-8H2. The van der Waals surface area contributed by atoms with Gasteiger partial charge in [0.2, 0.25) is 0 Å². The van der Waals surface area contributed by atoms with Gasteiger partial charge in [0.15, 0.2) is 9.84 Å². The molecule has 2 aliphatic rings. The first-order chi connectivity index (χ1) is 9.06. The van der Waals surface area contributed by atoms with Gasteiger partial charge in [-0.3, -0.25) is 0 Å². The van der Waals surface area contributed by atoms with E-state index in [4.69, 9.17) is 0 Å². The van der Waals surface area contributed by atoms with E-state index in [1.165, 1.54) is 0 Å². The van der Waals surface area contributed by atoms with Crippen molar-refractivity contribution in [2.45, 2.75) is 56.4 Å². The van der Waals surface area contributed by atoms with E-state index in [9.17, 15) is 13.5 Å². The zero-order valence-electron chi connectivity index (χ0n) is 10.8. The second-order valence-corrected chi connectivity index (χ2v) is 7.92. The predicted octanol–water partition coefficient (Wildman–Crippen LogP) is 0.0950. The molecule has 3 heterocycles. The van der Waals surface area contributed by atoms with Crippen LogP contribution in [0.2, 0.25) is 0 Å². The average Bonchev–Trinajstić information content (AvgIpc) is 2.74. The Bertz CT molecular complexity index is 567. The fourth-order valence-corrected chi connectivity index (χ4v) is 4.85. The maximum absolute atomic E-state index is 12.0. The van der Waals surface area contributed by atoms with Crippen molar-refractivity contribution in [3.63, 3.8) is 0 Å². The van der Waals surface area contributed by atoms with Gasteiger partial charge in [0, 0.05) is 19.4 Å². The second-order valence-electron chi connectivity index (χ2n) is 5.52. The molecule has 106 valence electrons. The van der Waals surface area contributed by atoms with E-state index in [1.807, 2.05) is 4.57 Å². The van der Waals surface area contributed by atoms with Crippen molar-refractivity contribution in [1.82, 2.24) is 14.8 Å². The lowest BCUT2D eigenvalue weighted by Crippen LogP contribution is -2.32.